The fraction of sp³-hybridized carbons (Fsp3) is 1.00. The van der Waals surface area contributed by atoms with Crippen LogP contribution in [0.5, 0.6) is 0 Å². The molecule has 3 nitrogen and oxygen atoms in total. The van der Waals surface area contributed by atoms with Crippen molar-refractivity contribution < 1.29 is 14.6 Å². The van der Waals surface area contributed by atoms with E-state index in [4.69, 9.17) is 9.47 Å². The van der Waals surface area contributed by atoms with Gasteiger partial charge in [0.25, 0.3) is 0 Å². The van der Waals surface area contributed by atoms with Crippen molar-refractivity contribution in [1.82, 2.24) is 0 Å². The second-order valence-corrected chi connectivity index (χ2v) is 3.89. The molecular weight excluding hydrogens is 156 g/mol. The smallest absolute Gasteiger partial charge is 0.166 e. The molecular formula is C9H16O3. The van der Waals surface area contributed by atoms with Crippen molar-refractivity contribution in [2.24, 2.45) is 0 Å². The third-order valence-corrected chi connectivity index (χ3v) is 2.83. The average Bonchev–Trinajstić information content (AvgIpc) is 2.34. The summed E-state index contributed by atoms with van der Waals surface area (Å²) in [4.78, 5) is 0. The number of hydrogen-bond acceptors (Lipinski definition) is 3. The molecule has 0 radical (unpaired) electrons. The van der Waals surface area contributed by atoms with Crippen molar-refractivity contribution in [2.75, 3.05) is 0 Å². The Hall–Kier alpha value is -0.120. The van der Waals surface area contributed by atoms with Crippen LogP contribution >= 0.6 is 0 Å². The highest BCUT2D eigenvalue weighted by molar-refractivity contribution is 4.92. The molecule has 3 heteroatoms. The molecule has 2 aliphatic rings. The maximum atomic E-state index is 9.61. The Morgan fingerprint density at radius 3 is 2.92 bits per heavy atom. The van der Waals surface area contributed by atoms with Gasteiger partial charge < -0.3 is 14.6 Å². The van der Waals surface area contributed by atoms with E-state index in [-0.39, 0.29) is 18.3 Å². The molecule has 2 bridgehead atoms. The maximum Gasteiger partial charge on any atom is 0.166 e. The molecule has 0 aromatic rings. The molecule has 2 heterocycles. The van der Waals surface area contributed by atoms with Gasteiger partial charge in [-0.1, -0.05) is 6.92 Å². The Balaban J connectivity index is 2.15. The summed E-state index contributed by atoms with van der Waals surface area (Å²) in [5, 5.41) is 9.61. The topological polar surface area (TPSA) is 38.7 Å². The molecule has 12 heavy (non-hydrogen) atoms. The molecule has 1 N–H and O–H groups in total. The van der Waals surface area contributed by atoms with Crippen molar-refractivity contribution in [1.29, 1.82) is 0 Å². The Labute approximate surface area is 72.7 Å². The number of hydrogen-bond donors (Lipinski definition) is 1. The molecule has 0 aromatic heterocycles. The van der Waals surface area contributed by atoms with Crippen LogP contribution in [-0.4, -0.2) is 29.2 Å². The lowest BCUT2D eigenvalue weighted by molar-refractivity contribution is -0.197. The van der Waals surface area contributed by atoms with Crippen molar-refractivity contribution in [2.45, 2.75) is 57.2 Å². The monoisotopic (exact) mass is 172 g/mol. The molecule has 70 valence electrons. The minimum absolute atomic E-state index is 0.0891. The molecule has 0 spiro atoms. The molecule has 4 atom stereocenters. The maximum absolute atomic E-state index is 9.61. The zero-order valence-electron chi connectivity index (χ0n) is 7.62. The first kappa shape index (κ1) is 8.48. The number of rotatable bonds is 1. The van der Waals surface area contributed by atoms with Gasteiger partial charge in [0.15, 0.2) is 5.79 Å². The summed E-state index contributed by atoms with van der Waals surface area (Å²) < 4.78 is 11.3. The van der Waals surface area contributed by atoms with Gasteiger partial charge in [-0.2, -0.15) is 0 Å². The third kappa shape index (κ3) is 1.16. The minimum Gasteiger partial charge on any atom is -0.390 e. The van der Waals surface area contributed by atoms with Crippen LogP contribution in [0.3, 0.4) is 0 Å². The standard InChI is InChI=1S/C9H16O3/c1-3-7-8-6(10)4-5-9(2,11-7)12-8/h6-8,10H,3-5H2,1-2H3/t6-,7-,8+,9-/m1/s1. The summed E-state index contributed by atoms with van der Waals surface area (Å²) in [7, 11) is 0. The summed E-state index contributed by atoms with van der Waals surface area (Å²) in [5.74, 6) is -0.412. The summed E-state index contributed by atoms with van der Waals surface area (Å²) in [6.07, 6.45) is 2.20. The van der Waals surface area contributed by atoms with Gasteiger partial charge in [-0.3, -0.25) is 0 Å². The van der Waals surface area contributed by atoms with Crippen LogP contribution in [-0.2, 0) is 9.47 Å². The van der Waals surface area contributed by atoms with E-state index in [0.29, 0.717) is 0 Å². The molecule has 2 fully saturated rings. The molecule has 0 saturated carbocycles. The van der Waals surface area contributed by atoms with Gasteiger partial charge in [-0.25, -0.2) is 0 Å². The van der Waals surface area contributed by atoms with E-state index in [1.165, 1.54) is 0 Å². The van der Waals surface area contributed by atoms with Crippen molar-refractivity contribution >= 4 is 0 Å². The van der Waals surface area contributed by atoms with Crippen LogP contribution in [0, 0.1) is 0 Å². The Kier molecular flexibility index (Phi) is 1.90. The predicted molar refractivity (Wildman–Crippen MR) is 43.7 cm³/mol. The number of aliphatic hydroxyl groups excluding tert-OH is 1. The van der Waals surface area contributed by atoms with Crippen LogP contribution in [0.15, 0.2) is 0 Å². The summed E-state index contributed by atoms with van der Waals surface area (Å²) in [6, 6.07) is 0. The molecule has 0 aliphatic carbocycles. The predicted octanol–water partition coefficient (Wildman–Crippen LogP) is 1.05. The van der Waals surface area contributed by atoms with E-state index >= 15 is 0 Å². The molecule has 0 unspecified atom stereocenters. The lowest BCUT2D eigenvalue weighted by atomic mass is 9.99. The van der Waals surface area contributed by atoms with Crippen LogP contribution in [0.4, 0.5) is 0 Å². The number of ether oxygens (including phenoxy) is 2. The highest BCUT2D eigenvalue weighted by Gasteiger charge is 2.50. The average molecular weight is 172 g/mol. The first-order valence-corrected chi connectivity index (χ1v) is 4.68. The van der Waals surface area contributed by atoms with Crippen molar-refractivity contribution in [3.05, 3.63) is 0 Å². The first-order valence-electron chi connectivity index (χ1n) is 4.68. The number of fused-ring (bicyclic) bond motifs is 2. The lowest BCUT2D eigenvalue weighted by Crippen LogP contribution is -2.40. The van der Waals surface area contributed by atoms with Gasteiger partial charge in [0.05, 0.1) is 12.2 Å². The SMILES string of the molecule is CC[C@H]1O[C@@]2(C)CC[C@@H](O)[C@@H]1O2. The third-order valence-electron chi connectivity index (χ3n) is 2.83. The van der Waals surface area contributed by atoms with Gasteiger partial charge in [0.1, 0.15) is 6.10 Å². The van der Waals surface area contributed by atoms with Crippen LogP contribution < -0.4 is 0 Å². The molecule has 2 rings (SSSR count). The molecule has 0 amide bonds. The van der Waals surface area contributed by atoms with Gasteiger partial charge in [0.2, 0.25) is 0 Å². The Bertz CT molecular complexity index is 179. The Morgan fingerprint density at radius 2 is 2.25 bits per heavy atom. The first-order chi connectivity index (χ1) is 5.64. The van der Waals surface area contributed by atoms with E-state index in [1.807, 2.05) is 6.92 Å². The van der Waals surface area contributed by atoms with Crippen molar-refractivity contribution in [3.8, 4) is 0 Å². The van der Waals surface area contributed by atoms with Crippen LogP contribution in [0.1, 0.15) is 33.1 Å². The van der Waals surface area contributed by atoms with E-state index in [9.17, 15) is 5.11 Å². The number of aliphatic hydroxyl groups is 1. The van der Waals surface area contributed by atoms with Crippen LogP contribution in [0.2, 0.25) is 0 Å². The molecule has 2 saturated heterocycles. The zero-order chi connectivity index (χ0) is 8.77. The highest BCUT2D eigenvalue weighted by atomic mass is 16.8. The van der Waals surface area contributed by atoms with Gasteiger partial charge in [0, 0.05) is 6.42 Å². The van der Waals surface area contributed by atoms with E-state index in [1.54, 1.807) is 0 Å². The van der Waals surface area contributed by atoms with Gasteiger partial charge >= 0.3 is 0 Å². The fourth-order valence-electron chi connectivity index (χ4n) is 2.11. The van der Waals surface area contributed by atoms with E-state index in [2.05, 4.69) is 6.92 Å². The van der Waals surface area contributed by atoms with Gasteiger partial charge in [-0.15, -0.1) is 0 Å². The van der Waals surface area contributed by atoms with E-state index in [0.717, 1.165) is 19.3 Å². The normalized spacial score (nSPS) is 52.8. The molecule has 0 aromatic carbocycles. The lowest BCUT2D eigenvalue weighted by Gasteiger charge is -2.30. The van der Waals surface area contributed by atoms with E-state index < -0.39 is 5.79 Å². The molecule has 2 aliphatic heterocycles. The van der Waals surface area contributed by atoms with Gasteiger partial charge in [-0.05, 0) is 19.8 Å². The largest absolute Gasteiger partial charge is 0.390 e. The summed E-state index contributed by atoms with van der Waals surface area (Å²) >= 11 is 0. The summed E-state index contributed by atoms with van der Waals surface area (Å²) in [6.45, 7) is 4.02. The fourth-order valence-corrected chi connectivity index (χ4v) is 2.11. The second-order valence-electron chi connectivity index (χ2n) is 3.89. The van der Waals surface area contributed by atoms with Crippen molar-refractivity contribution in [3.63, 3.8) is 0 Å². The zero-order valence-corrected chi connectivity index (χ0v) is 7.62. The van der Waals surface area contributed by atoms with Crippen LogP contribution in [0.25, 0.3) is 0 Å². The highest BCUT2D eigenvalue weighted by Crippen LogP contribution is 2.40. The summed E-state index contributed by atoms with van der Waals surface area (Å²) in [5.41, 5.74) is 0. The second kappa shape index (κ2) is 2.69. The minimum atomic E-state index is -0.412. The Morgan fingerprint density at radius 1 is 1.50 bits per heavy atom. The quantitative estimate of drug-likeness (QED) is 0.642.